The minimum absolute atomic E-state index is 0.00974. The summed E-state index contributed by atoms with van der Waals surface area (Å²) in [6.07, 6.45) is 6.63. The van der Waals surface area contributed by atoms with E-state index in [0.29, 0.717) is 5.02 Å². The molecule has 0 amide bonds. The van der Waals surface area contributed by atoms with E-state index in [2.05, 4.69) is 4.98 Å². The summed E-state index contributed by atoms with van der Waals surface area (Å²) in [5.74, 6) is 0.901. The zero-order valence-corrected chi connectivity index (χ0v) is 19.0. The molecule has 0 radical (unpaired) electrons. The Morgan fingerprint density at radius 1 is 1.26 bits per heavy atom. The first-order valence-electron chi connectivity index (χ1n) is 8.69. The van der Waals surface area contributed by atoms with Crippen molar-refractivity contribution < 1.29 is 8.42 Å². The van der Waals surface area contributed by atoms with Gasteiger partial charge in [0.25, 0.3) is 0 Å². The van der Waals surface area contributed by atoms with Crippen LogP contribution >= 0.6 is 23.4 Å². The van der Waals surface area contributed by atoms with Crippen LogP contribution in [0.1, 0.15) is 32.3 Å². The van der Waals surface area contributed by atoms with Gasteiger partial charge in [0.05, 0.1) is 5.75 Å². The van der Waals surface area contributed by atoms with Crippen molar-refractivity contribution in [3.63, 3.8) is 0 Å². The average Bonchev–Trinajstić information content (AvgIpc) is 2.90. The number of rotatable bonds is 6. The lowest BCUT2D eigenvalue weighted by molar-refractivity contribution is 0.604. The molecule has 2 rings (SSSR count). The van der Waals surface area contributed by atoms with E-state index in [1.165, 1.54) is 6.26 Å². The Bertz CT molecular complexity index is 912. The van der Waals surface area contributed by atoms with E-state index in [1.807, 2.05) is 75.7 Å². The third-order valence-electron chi connectivity index (χ3n) is 3.58. The second-order valence-corrected chi connectivity index (χ2v) is 9.35. The Morgan fingerprint density at radius 2 is 1.85 bits per heavy atom. The molecule has 0 aliphatic carbocycles. The molecule has 0 fully saturated rings. The summed E-state index contributed by atoms with van der Waals surface area (Å²) in [6.45, 7) is 7.86. The topological polar surface area (TPSA) is 52.0 Å². The van der Waals surface area contributed by atoms with E-state index in [9.17, 15) is 8.42 Å². The number of allylic oxidation sites excluding steroid dienone is 3. The van der Waals surface area contributed by atoms with E-state index in [4.69, 9.17) is 11.6 Å². The lowest BCUT2D eigenvalue weighted by atomic mass is 10.2. The van der Waals surface area contributed by atoms with Crippen molar-refractivity contribution in [1.29, 1.82) is 0 Å². The predicted molar refractivity (Wildman–Crippen MR) is 117 cm³/mol. The summed E-state index contributed by atoms with van der Waals surface area (Å²) in [7, 11) is -1.06. The lowest BCUT2D eigenvalue weighted by Gasteiger charge is -2.07. The number of aromatic nitrogens is 2. The molecular weight excluding hydrogens is 400 g/mol. The monoisotopic (exact) mass is 426 g/mol. The summed E-state index contributed by atoms with van der Waals surface area (Å²) in [4.78, 5) is 5.72. The number of hydrogen-bond donors (Lipinski definition) is 0. The van der Waals surface area contributed by atoms with E-state index >= 15 is 0 Å². The molecule has 0 unspecified atom stereocenters. The van der Waals surface area contributed by atoms with Crippen LogP contribution in [0.4, 0.5) is 0 Å². The second-order valence-electron chi connectivity index (χ2n) is 5.67. The fourth-order valence-corrected chi connectivity index (χ4v) is 3.77. The van der Waals surface area contributed by atoms with Crippen LogP contribution in [-0.2, 0) is 16.9 Å². The molecule has 0 saturated carbocycles. The lowest BCUT2D eigenvalue weighted by Crippen LogP contribution is -1.99. The molecular formula is C20H27ClN2O2S2. The molecule has 1 heterocycles. The molecule has 1 aromatic carbocycles. The van der Waals surface area contributed by atoms with Crippen molar-refractivity contribution in [2.45, 2.75) is 37.6 Å². The fourth-order valence-electron chi connectivity index (χ4n) is 2.17. The maximum absolute atomic E-state index is 11.3. The molecule has 0 aliphatic rings. The van der Waals surface area contributed by atoms with Gasteiger partial charge in [-0.3, -0.25) is 0 Å². The Kier molecular flexibility index (Phi) is 9.36. The van der Waals surface area contributed by atoms with Gasteiger partial charge in [-0.25, -0.2) is 13.4 Å². The van der Waals surface area contributed by atoms with Crippen molar-refractivity contribution in [3.05, 3.63) is 59.0 Å². The zero-order valence-electron chi connectivity index (χ0n) is 16.7. The molecule has 4 nitrogen and oxygen atoms in total. The van der Waals surface area contributed by atoms with Crippen molar-refractivity contribution in [1.82, 2.24) is 9.55 Å². The van der Waals surface area contributed by atoms with Gasteiger partial charge in [-0.1, -0.05) is 55.4 Å². The van der Waals surface area contributed by atoms with E-state index in [0.717, 1.165) is 27.0 Å². The number of nitrogens with zero attached hydrogens (tertiary/aromatic N) is 2. The SMILES string of the molecule is C/C=C(\C=C/CS(C)(=O)=O)c1nc(C)n(C)c1Sc1ccc(Cl)cc1.CC. The van der Waals surface area contributed by atoms with Crippen LogP contribution < -0.4 is 0 Å². The van der Waals surface area contributed by atoms with Crippen LogP contribution in [0.15, 0.2) is 52.4 Å². The predicted octanol–water partition coefficient (Wildman–Crippen LogP) is 5.56. The Morgan fingerprint density at radius 3 is 2.37 bits per heavy atom. The van der Waals surface area contributed by atoms with Gasteiger partial charge in [0, 0.05) is 23.2 Å². The molecule has 0 spiro atoms. The van der Waals surface area contributed by atoms with E-state index < -0.39 is 9.84 Å². The highest BCUT2D eigenvalue weighted by Gasteiger charge is 2.16. The molecule has 0 atom stereocenters. The third kappa shape index (κ3) is 7.20. The minimum Gasteiger partial charge on any atom is -0.326 e. The molecule has 7 heteroatoms. The summed E-state index contributed by atoms with van der Waals surface area (Å²) in [5, 5.41) is 1.69. The zero-order chi connectivity index (χ0) is 20.6. The quantitative estimate of drug-likeness (QED) is 0.567. The van der Waals surface area contributed by atoms with Crippen molar-refractivity contribution in [3.8, 4) is 0 Å². The molecule has 0 N–H and O–H groups in total. The molecule has 0 bridgehead atoms. The highest BCUT2D eigenvalue weighted by atomic mass is 35.5. The Labute approximate surface area is 172 Å². The van der Waals surface area contributed by atoms with Crippen LogP contribution in [0.25, 0.3) is 5.57 Å². The summed E-state index contributed by atoms with van der Waals surface area (Å²) in [5.41, 5.74) is 1.73. The number of benzene rings is 1. The number of halogens is 1. The molecule has 2 aromatic rings. The first-order chi connectivity index (χ1) is 12.7. The third-order valence-corrected chi connectivity index (χ3v) is 5.79. The van der Waals surface area contributed by atoms with Gasteiger partial charge in [-0.15, -0.1) is 0 Å². The van der Waals surface area contributed by atoms with Crippen LogP contribution in [0.2, 0.25) is 5.02 Å². The number of hydrogen-bond acceptors (Lipinski definition) is 4. The van der Waals surface area contributed by atoms with Crippen LogP contribution in [0.5, 0.6) is 0 Å². The molecule has 1 aromatic heterocycles. The normalized spacial score (nSPS) is 12.2. The van der Waals surface area contributed by atoms with Gasteiger partial charge in [-0.2, -0.15) is 0 Å². The van der Waals surface area contributed by atoms with Gasteiger partial charge in [0.1, 0.15) is 16.5 Å². The van der Waals surface area contributed by atoms with Gasteiger partial charge in [0.2, 0.25) is 0 Å². The first-order valence-corrected chi connectivity index (χ1v) is 11.9. The van der Waals surface area contributed by atoms with Crippen molar-refractivity contribution >= 4 is 38.8 Å². The molecule has 148 valence electrons. The summed E-state index contributed by atoms with van der Waals surface area (Å²) >= 11 is 7.56. The van der Waals surface area contributed by atoms with Gasteiger partial charge in [0.15, 0.2) is 9.84 Å². The van der Waals surface area contributed by atoms with Crippen LogP contribution in [0, 0.1) is 6.92 Å². The van der Waals surface area contributed by atoms with Crippen LogP contribution in [0.3, 0.4) is 0 Å². The van der Waals surface area contributed by atoms with Crippen molar-refractivity contribution in [2.75, 3.05) is 12.0 Å². The maximum Gasteiger partial charge on any atom is 0.151 e. The van der Waals surface area contributed by atoms with Crippen LogP contribution in [-0.4, -0.2) is 30.0 Å². The number of imidazole rings is 1. The second kappa shape index (κ2) is 10.7. The standard InChI is InChI=1S/C18H21ClN2O2S2.C2H6/c1-5-14(7-6-12-25(4,22)23)17-18(21(3)13(2)20-17)24-16-10-8-15(19)9-11-16;1-2/h5-11H,12H2,1-4H3;1-2H3/b7-6-,14-5+;. The van der Waals surface area contributed by atoms with Gasteiger partial charge >= 0.3 is 0 Å². The van der Waals surface area contributed by atoms with Gasteiger partial charge < -0.3 is 4.57 Å². The number of sulfone groups is 1. The highest BCUT2D eigenvalue weighted by molar-refractivity contribution is 7.99. The highest BCUT2D eigenvalue weighted by Crippen LogP contribution is 2.34. The first kappa shape index (κ1) is 23.5. The largest absolute Gasteiger partial charge is 0.326 e. The molecule has 0 aliphatic heterocycles. The van der Waals surface area contributed by atoms with E-state index in [1.54, 1.807) is 17.8 Å². The van der Waals surface area contributed by atoms with E-state index in [-0.39, 0.29) is 5.75 Å². The Hall–Kier alpha value is -1.50. The van der Waals surface area contributed by atoms with Gasteiger partial charge in [-0.05, 0) is 43.7 Å². The summed E-state index contributed by atoms with van der Waals surface area (Å²) in [6, 6.07) is 7.65. The summed E-state index contributed by atoms with van der Waals surface area (Å²) < 4.78 is 24.7. The fraction of sp³-hybridized carbons (Fsp3) is 0.350. The smallest absolute Gasteiger partial charge is 0.151 e. The number of aryl methyl sites for hydroxylation is 1. The minimum atomic E-state index is -3.03. The molecule has 0 saturated heterocycles. The Balaban J connectivity index is 0.00000176. The maximum atomic E-state index is 11.3. The van der Waals surface area contributed by atoms with Crippen molar-refractivity contribution in [2.24, 2.45) is 7.05 Å². The average molecular weight is 427 g/mol. The molecule has 27 heavy (non-hydrogen) atoms.